The second kappa shape index (κ2) is 11.0. The molecule has 1 fully saturated rings. The Labute approximate surface area is 222 Å². The van der Waals surface area contributed by atoms with E-state index in [1.54, 1.807) is 0 Å². The molecule has 0 atom stereocenters. The minimum Gasteiger partial charge on any atom is -0.340 e. The van der Waals surface area contributed by atoms with Gasteiger partial charge in [-0.2, -0.15) is 4.98 Å². The largest absolute Gasteiger partial charge is 0.340 e. The molecule has 6 heteroatoms. The van der Waals surface area contributed by atoms with Gasteiger partial charge in [0.25, 0.3) is 0 Å². The molecule has 6 nitrogen and oxygen atoms in total. The van der Waals surface area contributed by atoms with Crippen molar-refractivity contribution >= 4 is 16.7 Å². The molecule has 0 spiro atoms. The first kappa shape index (κ1) is 24.1. The van der Waals surface area contributed by atoms with Crippen molar-refractivity contribution in [3.63, 3.8) is 0 Å². The van der Waals surface area contributed by atoms with Gasteiger partial charge < -0.3 is 9.42 Å². The molecule has 0 aliphatic carbocycles. The number of hydrogen-bond donors (Lipinski definition) is 0. The average molecular weight is 503 g/mol. The number of nitrogens with zero attached hydrogens (tertiary/aromatic N) is 4. The number of fused-ring (bicyclic) bond motifs is 1. The van der Waals surface area contributed by atoms with Crippen LogP contribution in [0.5, 0.6) is 0 Å². The van der Waals surface area contributed by atoms with Gasteiger partial charge in [-0.1, -0.05) is 108 Å². The Hall–Kier alpha value is -4.29. The van der Waals surface area contributed by atoms with Gasteiger partial charge in [0, 0.05) is 44.6 Å². The number of aromatic nitrogens is 2. The molecule has 4 aromatic carbocycles. The van der Waals surface area contributed by atoms with Crippen LogP contribution in [0.3, 0.4) is 0 Å². The maximum absolute atomic E-state index is 13.1. The van der Waals surface area contributed by atoms with Gasteiger partial charge in [0.15, 0.2) is 0 Å². The summed E-state index contributed by atoms with van der Waals surface area (Å²) in [5.41, 5.74) is 3.49. The van der Waals surface area contributed by atoms with Gasteiger partial charge in [0.2, 0.25) is 17.6 Å². The molecule has 6 rings (SSSR count). The number of aryl methyl sites for hydroxylation is 1. The van der Waals surface area contributed by atoms with Crippen LogP contribution in [-0.4, -0.2) is 52.0 Å². The topological polar surface area (TPSA) is 62.5 Å². The van der Waals surface area contributed by atoms with Crippen molar-refractivity contribution in [2.75, 3.05) is 26.2 Å². The van der Waals surface area contributed by atoms with Crippen molar-refractivity contribution in [2.45, 2.75) is 18.9 Å². The molecule has 1 aromatic heterocycles. The van der Waals surface area contributed by atoms with Crippen LogP contribution >= 0.6 is 0 Å². The quantitative estimate of drug-likeness (QED) is 0.283. The van der Waals surface area contributed by atoms with Crippen LogP contribution in [0, 0.1) is 0 Å². The first-order valence-electron chi connectivity index (χ1n) is 13.2. The van der Waals surface area contributed by atoms with E-state index in [2.05, 4.69) is 93.9 Å². The van der Waals surface area contributed by atoms with Crippen molar-refractivity contribution in [1.29, 1.82) is 0 Å². The van der Waals surface area contributed by atoms with Gasteiger partial charge in [-0.05, 0) is 21.9 Å². The van der Waals surface area contributed by atoms with Crippen LogP contribution in [0.4, 0.5) is 0 Å². The van der Waals surface area contributed by atoms with Crippen LogP contribution in [0.25, 0.3) is 22.2 Å². The Kier molecular flexibility index (Phi) is 6.96. The maximum atomic E-state index is 13.1. The molecule has 0 radical (unpaired) electrons. The summed E-state index contributed by atoms with van der Waals surface area (Å²) in [6.07, 6.45) is 0.797. The van der Waals surface area contributed by atoms with Crippen molar-refractivity contribution in [3.05, 3.63) is 120 Å². The summed E-state index contributed by atoms with van der Waals surface area (Å²) < 4.78 is 5.51. The predicted molar refractivity (Wildman–Crippen MR) is 148 cm³/mol. The molecule has 38 heavy (non-hydrogen) atoms. The highest BCUT2D eigenvalue weighted by Crippen LogP contribution is 2.30. The maximum Gasteiger partial charge on any atom is 0.227 e. The standard InChI is InChI=1S/C32H30N4O2/c37-30(19-18-29-33-32(34-38-29)28-17-9-15-24-10-7-8-16-27(24)28)35-20-22-36(23-21-35)31(25-11-3-1-4-12-25)26-13-5-2-6-14-26/h1-17,31H,18-23H2. The Balaban J connectivity index is 1.08. The van der Waals surface area contributed by atoms with E-state index in [0.29, 0.717) is 37.6 Å². The summed E-state index contributed by atoms with van der Waals surface area (Å²) in [7, 11) is 0. The summed E-state index contributed by atoms with van der Waals surface area (Å²) in [4.78, 5) is 22.1. The fourth-order valence-electron chi connectivity index (χ4n) is 5.37. The van der Waals surface area contributed by atoms with Crippen molar-refractivity contribution in [2.24, 2.45) is 0 Å². The second-order valence-electron chi connectivity index (χ2n) is 9.68. The SMILES string of the molecule is O=C(CCc1nc(-c2cccc3ccccc23)no1)N1CCN(C(c2ccccc2)c2ccccc2)CC1. The molecular formula is C32H30N4O2. The molecule has 1 aliphatic heterocycles. The molecule has 0 unspecified atom stereocenters. The number of carbonyl (C=O) groups excluding carboxylic acids is 1. The highest BCUT2D eigenvalue weighted by molar-refractivity contribution is 5.94. The number of amides is 1. The zero-order valence-corrected chi connectivity index (χ0v) is 21.2. The second-order valence-corrected chi connectivity index (χ2v) is 9.68. The highest BCUT2D eigenvalue weighted by atomic mass is 16.5. The first-order valence-corrected chi connectivity index (χ1v) is 13.2. The summed E-state index contributed by atoms with van der Waals surface area (Å²) in [6.45, 7) is 3.07. The zero-order valence-electron chi connectivity index (χ0n) is 21.2. The summed E-state index contributed by atoms with van der Waals surface area (Å²) in [5.74, 6) is 1.18. The van der Waals surface area contributed by atoms with Crippen molar-refractivity contribution in [3.8, 4) is 11.4 Å². The van der Waals surface area contributed by atoms with Crippen LogP contribution in [0.15, 0.2) is 108 Å². The summed E-state index contributed by atoms with van der Waals surface area (Å²) in [5, 5.41) is 6.41. The van der Waals surface area contributed by atoms with Crippen molar-refractivity contribution in [1.82, 2.24) is 19.9 Å². The van der Waals surface area contributed by atoms with E-state index in [4.69, 9.17) is 4.52 Å². The van der Waals surface area contributed by atoms with Crippen LogP contribution < -0.4 is 0 Å². The van der Waals surface area contributed by atoms with Gasteiger partial charge in [-0.25, -0.2) is 0 Å². The molecule has 1 saturated heterocycles. The lowest BCUT2D eigenvalue weighted by molar-refractivity contribution is -0.133. The number of carbonyl (C=O) groups is 1. The first-order chi connectivity index (χ1) is 18.8. The molecule has 5 aromatic rings. The third-order valence-corrected chi connectivity index (χ3v) is 7.31. The molecule has 2 heterocycles. The Morgan fingerprint density at radius 2 is 1.39 bits per heavy atom. The van der Waals surface area contributed by atoms with E-state index >= 15 is 0 Å². The van der Waals surface area contributed by atoms with E-state index in [1.807, 2.05) is 29.2 Å². The lowest BCUT2D eigenvalue weighted by Crippen LogP contribution is -2.49. The third kappa shape index (κ3) is 5.08. The molecule has 190 valence electrons. The molecule has 1 amide bonds. The van der Waals surface area contributed by atoms with E-state index < -0.39 is 0 Å². The number of rotatable bonds is 7. The van der Waals surface area contributed by atoms with Gasteiger partial charge in [-0.15, -0.1) is 0 Å². The van der Waals surface area contributed by atoms with Crippen LogP contribution in [0.1, 0.15) is 29.5 Å². The Morgan fingerprint density at radius 1 is 0.763 bits per heavy atom. The van der Waals surface area contributed by atoms with Gasteiger partial charge >= 0.3 is 0 Å². The number of piperazine rings is 1. The Morgan fingerprint density at radius 3 is 2.11 bits per heavy atom. The fraction of sp³-hybridized carbons (Fsp3) is 0.219. The number of hydrogen-bond acceptors (Lipinski definition) is 5. The predicted octanol–water partition coefficient (Wildman–Crippen LogP) is 5.76. The van der Waals surface area contributed by atoms with E-state index in [1.165, 1.54) is 11.1 Å². The van der Waals surface area contributed by atoms with Crippen LogP contribution in [-0.2, 0) is 11.2 Å². The van der Waals surface area contributed by atoms with E-state index in [-0.39, 0.29) is 11.9 Å². The van der Waals surface area contributed by atoms with Crippen molar-refractivity contribution < 1.29 is 9.32 Å². The minimum absolute atomic E-state index is 0.130. The lowest BCUT2D eigenvalue weighted by Gasteiger charge is -2.39. The molecule has 1 aliphatic rings. The van der Waals surface area contributed by atoms with Gasteiger partial charge in [0.05, 0.1) is 6.04 Å². The molecule has 0 N–H and O–H groups in total. The summed E-state index contributed by atoms with van der Waals surface area (Å²) >= 11 is 0. The van der Waals surface area contributed by atoms with Gasteiger partial charge in [-0.3, -0.25) is 9.69 Å². The third-order valence-electron chi connectivity index (χ3n) is 7.31. The number of benzene rings is 4. The average Bonchev–Trinajstić information content (AvgIpc) is 3.46. The van der Waals surface area contributed by atoms with Gasteiger partial charge in [0.1, 0.15) is 0 Å². The molecular weight excluding hydrogens is 472 g/mol. The lowest BCUT2D eigenvalue weighted by atomic mass is 9.96. The van der Waals surface area contributed by atoms with E-state index in [0.717, 1.165) is 29.4 Å². The summed E-state index contributed by atoms with van der Waals surface area (Å²) in [6, 6.07) is 35.6. The smallest absolute Gasteiger partial charge is 0.227 e. The highest BCUT2D eigenvalue weighted by Gasteiger charge is 2.28. The Bertz CT molecular complexity index is 1460. The molecule has 0 saturated carbocycles. The minimum atomic E-state index is 0.130. The van der Waals surface area contributed by atoms with E-state index in [9.17, 15) is 4.79 Å². The normalized spacial score (nSPS) is 14.3. The zero-order chi connectivity index (χ0) is 25.7. The van der Waals surface area contributed by atoms with Crippen LogP contribution in [0.2, 0.25) is 0 Å². The fourth-order valence-corrected chi connectivity index (χ4v) is 5.37. The monoisotopic (exact) mass is 502 g/mol. The molecule has 0 bridgehead atoms.